The maximum absolute atomic E-state index is 12.6. The molecule has 1 atom stereocenters. The average molecular weight is 502 g/mol. The van der Waals surface area contributed by atoms with Crippen LogP contribution in [0.4, 0.5) is 17.5 Å². The van der Waals surface area contributed by atoms with Crippen LogP contribution in [0.5, 0.6) is 0 Å². The Kier molecular flexibility index (Phi) is 6.41. The van der Waals surface area contributed by atoms with Crippen molar-refractivity contribution >= 4 is 50.5 Å². The summed E-state index contributed by atoms with van der Waals surface area (Å²) >= 11 is 1.63. The van der Waals surface area contributed by atoms with Crippen molar-refractivity contribution in [3.05, 3.63) is 53.7 Å². The van der Waals surface area contributed by atoms with E-state index < -0.39 is 0 Å². The number of rotatable bonds is 7. The van der Waals surface area contributed by atoms with Crippen molar-refractivity contribution in [1.82, 2.24) is 25.2 Å². The molecule has 3 aromatic rings. The summed E-state index contributed by atoms with van der Waals surface area (Å²) in [7, 11) is 0. The molecule has 9 heteroatoms. The van der Waals surface area contributed by atoms with E-state index in [4.69, 9.17) is 4.98 Å². The summed E-state index contributed by atoms with van der Waals surface area (Å²) in [6.45, 7) is 7.47. The van der Waals surface area contributed by atoms with Gasteiger partial charge in [0.2, 0.25) is 11.9 Å². The van der Waals surface area contributed by atoms with E-state index in [1.165, 1.54) is 0 Å². The quantitative estimate of drug-likeness (QED) is 0.502. The number of thiophene rings is 1. The molecule has 0 bridgehead atoms. The Bertz CT molecular complexity index is 1300. The molecule has 1 unspecified atom stereocenters. The van der Waals surface area contributed by atoms with Crippen LogP contribution in [0.1, 0.15) is 31.7 Å². The van der Waals surface area contributed by atoms with E-state index in [1.807, 2.05) is 30.6 Å². The van der Waals surface area contributed by atoms with Crippen LogP contribution >= 0.6 is 11.3 Å². The molecular formula is C27H31N7OS. The summed E-state index contributed by atoms with van der Waals surface area (Å²) in [4.78, 5) is 31.4. The van der Waals surface area contributed by atoms with Gasteiger partial charge in [0.25, 0.3) is 0 Å². The molecule has 2 aliphatic carbocycles. The number of carbonyl (C=O) groups excluding carboxylic acids is 1. The van der Waals surface area contributed by atoms with Crippen LogP contribution in [0.15, 0.2) is 48.1 Å². The van der Waals surface area contributed by atoms with Crippen LogP contribution in [0.2, 0.25) is 0 Å². The molecule has 0 radical (unpaired) electrons. The van der Waals surface area contributed by atoms with Gasteiger partial charge in [-0.1, -0.05) is 25.2 Å². The van der Waals surface area contributed by atoms with Crippen LogP contribution < -0.4 is 15.5 Å². The predicted molar refractivity (Wildman–Crippen MR) is 146 cm³/mol. The van der Waals surface area contributed by atoms with Gasteiger partial charge in [0, 0.05) is 43.2 Å². The minimum Gasteiger partial charge on any atom is -0.354 e. The van der Waals surface area contributed by atoms with Gasteiger partial charge < -0.3 is 20.4 Å². The molecule has 3 aliphatic rings. The smallest absolute Gasteiger partial charge is 0.227 e. The second-order valence-electron chi connectivity index (χ2n) is 9.68. The maximum atomic E-state index is 12.6. The van der Waals surface area contributed by atoms with Crippen molar-refractivity contribution < 1.29 is 4.79 Å². The third-order valence-electron chi connectivity index (χ3n) is 7.15. The van der Waals surface area contributed by atoms with Gasteiger partial charge in [-0.3, -0.25) is 4.79 Å². The van der Waals surface area contributed by atoms with E-state index in [2.05, 4.69) is 54.8 Å². The van der Waals surface area contributed by atoms with Crippen molar-refractivity contribution in [3.8, 4) is 0 Å². The number of carbonyl (C=O) groups is 1. The van der Waals surface area contributed by atoms with Crippen molar-refractivity contribution in [1.29, 1.82) is 0 Å². The lowest BCUT2D eigenvalue weighted by atomic mass is 9.90. The van der Waals surface area contributed by atoms with E-state index in [-0.39, 0.29) is 11.8 Å². The van der Waals surface area contributed by atoms with E-state index in [0.29, 0.717) is 18.4 Å². The Morgan fingerprint density at radius 3 is 2.75 bits per heavy atom. The van der Waals surface area contributed by atoms with Crippen LogP contribution in [0.25, 0.3) is 15.8 Å². The molecule has 1 aliphatic heterocycles. The Hall–Kier alpha value is -3.30. The lowest BCUT2D eigenvalue weighted by molar-refractivity contribution is -0.123. The SMILES string of the molecule is CCN1CCN(c2ccc(Nc3ncc4scc(C5=CC=CC(C(=O)NC6CC6)C5)c4n3)cn2)CC1. The van der Waals surface area contributed by atoms with Gasteiger partial charge in [-0.2, -0.15) is 0 Å². The first-order valence-electron chi connectivity index (χ1n) is 12.8. The Morgan fingerprint density at radius 2 is 2.00 bits per heavy atom. The first kappa shape index (κ1) is 23.1. The van der Waals surface area contributed by atoms with Crippen LogP contribution in [0, 0.1) is 5.92 Å². The van der Waals surface area contributed by atoms with Crippen molar-refractivity contribution in [2.24, 2.45) is 5.92 Å². The van der Waals surface area contributed by atoms with Gasteiger partial charge in [-0.15, -0.1) is 11.3 Å². The number of aromatic nitrogens is 3. The van der Waals surface area contributed by atoms with Gasteiger partial charge in [-0.05, 0) is 43.5 Å². The highest BCUT2D eigenvalue weighted by Crippen LogP contribution is 2.35. The number of fused-ring (bicyclic) bond motifs is 1. The van der Waals surface area contributed by atoms with Gasteiger partial charge in [0.15, 0.2) is 0 Å². The molecule has 3 aromatic heterocycles. The number of anilines is 3. The molecule has 36 heavy (non-hydrogen) atoms. The zero-order valence-electron chi connectivity index (χ0n) is 20.5. The summed E-state index contributed by atoms with van der Waals surface area (Å²) in [5, 5.41) is 8.57. The predicted octanol–water partition coefficient (Wildman–Crippen LogP) is 4.21. The number of nitrogens with one attached hydrogen (secondary N) is 2. The fourth-order valence-electron chi connectivity index (χ4n) is 4.78. The molecular weight excluding hydrogens is 470 g/mol. The summed E-state index contributed by atoms with van der Waals surface area (Å²) in [5.41, 5.74) is 3.99. The van der Waals surface area contributed by atoms with E-state index in [9.17, 15) is 4.79 Å². The molecule has 6 rings (SSSR count). The average Bonchev–Trinajstić information content (AvgIpc) is 3.64. The molecule has 2 fully saturated rings. The first-order valence-corrected chi connectivity index (χ1v) is 13.7. The number of piperazine rings is 1. The number of hydrogen-bond acceptors (Lipinski definition) is 8. The Labute approximate surface area is 215 Å². The molecule has 186 valence electrons. The second kappa shape index (κ2) is 9.99. The minimum absolute atomic E-state index is 0.124. The maximum Gasteiger partial charge on any atom is 0.227 e. The third kappa shape index (κ3) is 4.99. The highest BCUT2D eigenvalue weighted by molar-refractivity contribution is 7.17. The second-order valence-corrected chi connectivity index (χ2v) is 10.6. The van der Waals surface area contributed by atoms with Crippen LogP contribution in [0.3, 0.4) is 0 Å². The lowest BCUT2D eigenvalue weighted by Gasteiger charge is -2.34. The summed E-state index contributed by atoms with van der Waals surface area (Å²) in [5.74, 6) is 1.54. The van der Waals surface area contributed by atoms with Crippen molar-refractivity contribution in [2.45, 2.75) is 32.2 Å². The number of pyridine rings is 1. The van der Waals surface area contributed by atoms with Gasteiger partial charge in [0.1, 0.15) is 5.82 Å². The monoisotopic (exact) mass is 501 g/mol. The zero-order chi connectivity index (χ0) is 24.5. The Morgan fingerprint density at radius 1 is 1.14 bits per heavy atom. The highest BCUT2D eigenvalue weighted by Gasteiger charge is 2.28. The number of nitrogens with zero attached hydrogens (tertiary/aromatic N) is 5. The van der Waals surface area contributed by atoms with Gasteiger partial charge in [0.05, 0.1) is 34.2 Å². The lowest BCUT2D eigenvalue weighted by Crippen LogP contribution is -2.46. The molecule has 4 heterocycles. The standard InChI is InChI=1S/C27H31N7OS/c1-2-33-10-12-34(13-11-33)24-9-8-21(15-28-24)31-27-29-16-23-25(32-27)22(17-36-23)18-4-3-5-19(14-18)26(35)30-20-6-7-20/h3-5,8-9,15-17,19-20H,2,6-7,10-14H2,1H3,(H,30,35)(H,29,31,32). The van der Waals surface area contributed by atoms with Crippen LogP contribution in [-0.2, 0) is 4.79 Å². The Balaban J connectivity index is 1.15. The third-order valence-corrected chi connectivity index (χ3v) is 8.05. The van der Waals surface area contributed by atoms with Crippen molar-refractivity contribution in [3.63, 3.8) is 0 Å². The fraction of sp³-hybridized carbons (Fsp3) is 0.407. The minimum atomic E-state index is -0.130. The molecule has 2 N–H and O–H groups in total. The number of allylic oxidation sites excluding steroid dienone is 3. The molecule has 0 aromatic carbocycles. The highest BCUT2D eigenvalue weighted by atomic mass is 32.1. The number of amides is 1. The van der Waals surface area contributed by atoms with Crippen molar-refractivity contribution in [2.75, 3.05) is 42.9 Å². The molecule has 0 spiro atoms. The topological polar surface area (TPSA) is 86.3 Å². The first-order chi connectivity index (χ1) is 17.7. The van der Waals surface area contributed by atoms with Gasteiger partial charge >= 0.3 is 0 Å². The molecule has 8 nitrogen and oxygen atoms in total. The normalized spacial score (nSPS) is 20.4. The van der Waals surface area contributed by atoms with E-state index in [0.717, 1.165) is 78.4 Å². The number of likely N-dealkylation sites (N-methyl/N-ethyl adjacent to an activating group) is 1. The molecule has 1 saturated heterocycles. The van der Waals surface area contributed by atoms with Gasteiger partial charge in [-0.25, -0.2) is 15.0 Å². The largest absolute Gasteiger partial charge is 0.354 e. The summed E-state index contributed by atoms with van der Waals surface area (Å²) < 4.78 is 1.03. The van der Waals surface area contributed by atoms with Crippen LogP contribution in [-0.4, -0.2) is 64.5 Å². The zero-order valence-corrected chi connectivity index (χ0v) is 21.3. The van der Waals surface area contributed by atoms with E-state index in [1.54, 1.807) is 11.3 Å². The molecule has 1 saturated carbocycles. The fourth-order valence-corrected chi connectivity index (χ4v) is 5.67. The number of hydrogen-bond donors (Lipinski definition) is 2. The summed E-state index contributed by atoms with van der Waals surface area (Å²) in [6.07, 6.45) is 12.7. The molecule has 1 amide bonds. The van der Waals surface area contributed by atoms with E-state index >= 15 is 0 Å². The summed E-state index contributed by atoms with van der Waals surface area (Å²) in [6, 6.07) is 4.47.